The highest BCUT2D eigenvalue weighted by Crippen LogP contribution is 2.16. The van der Waals surface area contributed by atoms with E-state index in [0.29, 0.717) is 6.54 Å². The van der Waals surface area contributed by atoms with Crippen LogP contribution < -0.4 is 5.32 Å². The van der Waals surface area contributed by atoms with Gasteiger partial charge >= 0.3 is 5.97 Å². The third kappa shape index (κ3) is 2.84. The van der Waals surface area contributed by atoms with E-state index in [9.17, 15) is 4.79 Å². The molecule has 0 saturated carbocycles. The maximum absolute atomic E-state index is 10.9. The number of nitrogens with one attached hydrogen (secondary N) is 1. The normalized spacial score (nSPS) is 10.7. The largest absolute Gasteiger partial charge is 0.481 e. The molecule has 0 atom stereocenters. The molecule has 3 aromatic rings. The van der Waals surface area contributed by atoms with Crippen LogP contribution in [-0.2, 0) is 17.8 Å². The summed E-state index contributed by atoms with van der Waals surface area (Å²) in [5, 5.41) is 16.3. The van der Waals surface area contributed by atoms with Crippen LogP contribution in [0.1, 0.15) is 11.1 Å². The summed E-state index contributed by atoms with van der Waals surface area (Å²) in [7, 11) is 0. The molecule has 0 bridgehead atoms. The Morgan fingerprint density at radius 1 is 1.19 bits per heavy atom. The molecule has 3 rings (SSSR count). The summed E-state index contributed by atoms with van der Waals surface area (Å²) in [6.45, 7) is 0.515. The summed E-state index contributed by atoms with van der Waals surface area (Å²) in [6.07, 6.45) is 5.17. The Labute approximate surface area is 121 Å². The second kappa shape index (κ2) is 5.62. The van der Waals surface area contributed by atoms with Gasteiger partial charge in [-0.25, -0.2) is 9.50 Å². The van der Waals surface area contributed by atoms with Crippen LogP contribution in [0, 0.1) is 0 Å². The number of carboxylic acids is 1. The third-order valence-corrected chi connectivity index (χ3v) is 3.23. The van der Waals surface area contributed by atoms with Crippen LogP contribution in [-0.4, -0.2) is 25.7 Å². The molecule has 0 unspecified atom stereocenters. The molecule has 2 aromatic heterocycles. The van der Waals surface area contributed by atoms with Crippen molar-refractivity contribution in [1.29, 1.82) is 0 Å². The van der Waals surface area contributed by atoms with Crippen molar-refractivity contribution in [1.82, 2.24) is 14.6 Å². The van der Waals surface area contributed by atoms with Crippen molar-refractivity contribution in [2.24, 2.45) is 0 Å². The van der Waals surface area contributed by atoms with Crippen LogP contribution in [0.4, 0.5) is 5.82 Å². The molecule has 1 aromatic carbocycles. The van der Waals surface area contributed by atoms with E-state index in [1.54, 1.807) is 23.1 Å². The monoisotopic (exact) mass is 282 g/mol. The first kappa shape index (κ1) is 13.1. The summed E-state index contributed by atoms with van der Waals surface area (Å²) in [4.78, 5) is 15.2. The van der Waals surface area contributed by atoms with E-state index in [4.69, 9.17) is 5.11 Å². The second-order valence-corrected chi connectivity index (χ2v) is 4.63. The lowest BCUT2D eigenvalue weighted by molar-refractivity contribution is -0.136. The van der Waals surface area contributed by atoms with Crippen molar-refractivity contribution in [3.05, 3.63) is 60.0 Å². The molecule has 0 radical (unpaired) electrons. The number of anilines is 1. The van der Waals surface area contributed by atoms with Crippen molar-refractivity contribution in [2.45, 2.75) is 13.0 Å². The number of fused-ring (bicyclic) bond motifs is 1. The number of aliphatic carboxylic acids is 1. The van der Waals surface area contributed by atoms with Crippen LogP contribution in [0.25, 0.3) is 5.52 Å². The number of aromatic nitrogens is 3. The lowest BCUT2D eigenvalue weighted by Crippen LogP contribution is -2.08. The molecule has 0 spiro atoms. The second-order valence-electron chi connectivity index (χ2n) is 4.63. The van der Waals surface area contributed by atoms with Crippen LogP contribution in [0.15, 0.2) is 48.9 Å². The Kier molecular flexibility index (Phi) is 3.51. The van der Waals surface area contributed by atoms with Crippen LogP contribution in [0.2, 0.25) is 0 Å². The molecule has 6 heteroatoms. The Bertz CT molecular complexity index is 782. The van der Waals surface area contributed by atoms with E-state index in [1.807, 2.05) is 30.3 Å². The molecule has 0 aliphatic rings. The van der Waals surface area contributed by atoms with Gasteiger partial charge < -0.3 is 10.4 Å². The Hall–Kier alpha value is -2.89. The van der Waals surface area contributed by atoms with E-state index >= 15 is 0 Å². The van der Waals surface area contributed by atoms with Gasteiger partial charge in [-0.15, -0.1) is 0 Å². The predicted molar refractivity (Wildman–Crippen MR) is 78.1 cm³/mol. The molecule has 106 valence electrons. The molecular formula is C15H14N4O2. The maximum atomic E-state index is 10.9. The van der Waals surface area contributed by atoms with Gasteiger partial charge in [-0.05, 0) is 17.2 Å². The number of carbonyl (C=O) groups is 1. The molecule has 2 heterocycles. The standard InChI is InChI=1S/C15H14N4O2/c20-14(21)9-11-3-1-2-4-12(11)10-17-15-13-5-6-18-19(13)8-7-16-15/h1-8H,9-10H2,(H,16,17)(H,20,21). The van der Waals surface area contributed by atoms with Crippen molar-refractivity contribution in [3.63, 3.8) is 0 Å². The fraction of sp³-hybridized carbons (Fsp3) is 0.133. The van der Waals surface area contributed by atoms with Gasteiger partial charge in [-0.2, -0.15) is 5.10 Å². The van der Waals surface area contributed by atoms with Gasteiger partial charge in [-0.1, -0.05) is 24.3 Å². The van der Waals surface area contributed by atoms with E-state index in [1.165, 1.54) is 0 Å². The molecule has 6 nitrogen and oxygen atoms in total. The van der Waals surface area contributed by atoms with Crippen LogP contribution >= 0.6 is 0 Å². The Morgan fingerprint density at radius 3 is 2.81 bits per heavy atom. The number of rotatable bonds is 5. The number of nitrogens with zero attached hydrogens (tertiary/aromatic N) is 3. The Morgan fingerprint density at radius 2 is 2.00 bits per heavy atom. The lowest BCUT2D eigenvalue weighted by atomic mass is 10.0. The van der Waals surface area contributed by atoms with E-state index in [-0.39, 0.29) is 6.42 Å². The van der Waals surface area contributed by atoms with Crippen molar-refractivity contribution < 1.29 is 9.90 Å². The van der Waals surface area contributed by atoms with E-state index < -0.39 is 5.97 Å². The molecule has 0 amide bonds. The smallest absolute Gasteiger partial charge is 0.307 e. The van der Waals surface area contributed by atoms with E-state index in [0.717, 1.165) is 22.5 Å². The highest BCUT2D eigenvalue weighted by Gasteiger charge is 2.07. The van der Waals surface area contributed by atoms with Gasteiger partial charge in [0.25, 0.3) is 0 Å². The van der Waals surface area contributed by atoms with Crippen LogP contribution in [0.5, 0.6) is 0 Å². The first-order valence-electron chi connectivity index (χ1n) is 6.55. The zero-order valence-electron chi connectivity index (χ0n) is 11.2. The molecule has 0 saturated heterocycles. The molecule has 0 aliphatic heterocycles. The summed E-state index contributed by atoms with van der Waals surface area (Å²) in [5.74, 6) is -0.112. The summed E-state index contributed by atoms with van der Waals surface area (Å²) >= 11 is 0. The molecule has 2 N–H and O–H groups in total. The lowest BCUT2D eigenvalue weighted by Gasteiger charge is -2.10. The minimum atomic E-state index is -0.835. The number of benzene rings is 1. The van der Waals surface area contributed by atoms with Crippen molar-refractivity contribution >= 4 is 17.3 Å². The first-order valence-corrected chi connectivity index (χ1v) is 6.55. The van der Waals surface area contributed by atoms with Gasteiger partial charge in [0, 0.05) is 18.9 Å². The zero-order valence-corrected chi connectivity index (χ0v) is 11.2. The zero-order chi connectivity index (χ0) is 14.7. The highest BCUT2D eigenvalue weighted by molar-refractivity contribution is 5.71. The van der Waals surface area contributed by atoms with Crippen molar-refractivity contribution in [3.8, 4) is 0 Å². The van der Waals surface area contributed by atoms with Gasteiger partial charge in [0.15, 0.2) is 5.82 Å². The molecular weight excluding hydrogens is 268 g/mol. The van der Waals surface area contributed by atoms with Crippen molar-refractivity contribution in [2.75, 3.05) is 5.32 Å². The van der Waals surface area contributed by atoms with Gasteiger partial charge in [-0.3, -0.25) is 4.79 Å². The van der Waals surface area contributed by atoms with E-state index in [2.05, 4.69) is 15.4 Å². The highest BCUT2D eigenvalue weighted by atomic mass is 16.4. The van der Waals surface area contributed by atoms with Crippen LogP contribution in [0.3, 0.4) is 0 Å². The SMILES string of the molecule is O=C(O)Cc1ccccc1CNc1nccn2nccc12. The average Bonchev–Trinajstić information content (AvgIpc) is 2.95. The summed E-state index contributed by atoms with van der Waals surface area (Å²) in [5.41, 5.74) is 2.63. The van der Waals surface area contributed by atoms with Gasteiger partial charge in [0.1, 0.15) is 5.52 Å². The quantitative estimate of drug-likeness (QED) is 0.748. The van der Waals surface area contributed by atoms with Gasteiger partial charge in [0.05, 0.1) is 12.6 Å². The number of hydrogen-bond donors (Lipinski definition) is 2. The number of carboxylic acid groups (broad SMARTS) is 1. The fourth-order valence-electron chi connectivity index (χ4n) is 2.24. The fourth-order valence-corrected chi connectivity index (χ4v) is 2.24. The topological polar surface area (TPSA) is 79.5 Å². The predicted octanol–water partition coefficient (Wildman–Crippen LogP) is 1.97. The summed E-state index contributed by atoms with van der Waals surface area (Å²) < 4.78 is 1.73. The minimum Gasteiger partial charge on any atom is -0.481 e. The van der Waals surface area contributed by atoms with Gasteiger partial charge in [0.2, 0.25) is 0 Å². The first-order chi connectivity index (χ1) is 10.2. The third-order valence-electron chi connectivity index (χ3n) is 3.23. The molecule has 0 aliphatic carbocycles. The summed E-state index contributed by atoms with van der Waals surface area (Å²) in [6, 6.07) is 9.37. The average molecular weight is 282 g/mol. The minimum absolute atomic E-state index is 0.0160. The maximum Gasteiger partial charge on any atom is 0.307 e. The Balaban J connectivity index is 1.82. The number of hydrogen-bond acceptors (Lipinski definition) is 4. The molecule has 0 fully saturated rings. The molecule has 21 heavy (non-hydrogen) atoms.